The van der Waals surface area contributed by atoms with E-state index in [-0.39, 0.29) is 50.2 Å². The van der Waals surface area contributed by atoms with E-state index < -0.39 is 35.9 Å². The fraction of sp³-hybridized carbons (Fsp3) is 0.370. The van der Waals surface area contributed by atoms with Gasteiger partial charge in [0, 0.05) is 23.9 Å². The maximum absolute atomic E-state index is 12.8. The third kappa shape index (κ3) is 8.82. The first-order chi connectivity index (χ1) is 18.0. The number of esters is 3. The molecular formula is C27H29F3N2O6. The van der Waals surface area contributed by atoms with Crippen LogP contribution in [-0.2, 0) is 19.1 Å². The molecule has 0 heterocycles. The molecule has 3 rings (SSSR count). The molecule has 0 atom stereocenters. The number of halogens is 3. The van der Waals surface area contributed by atoms with Crippen LogP contribution in [0, 0.1) is 11.8 Å². The maximum Gasteiger partial charge on any atom is 0.391 e. The number of nitrogens with two attached hydrogens (primary N) is 2. The summed E-state index contributed by atoms with van der Waals surface area (Å²) in [5.74, 6) is -3.36. The van der Waals surface area contributed by atoms with Crippen LogP contribution in [0.5, 0.6) is 5.75 Å². The number of alkyl halides is 3. The number of carbonyl (C=O) groups excluding carboxylic acids is 3. The SMILES string of the molecule is Nc1cc(N)cc(C(=O)OCCCOC(=O)C=Cc2ccc(OC(=O)C3CCC(C(F)(F)F)CC3)cc2)c1. The Morgan fingerprint density at radius 3 is 2.11 bits per heavy atom. The van der Waals surface area contributed by atoms with E-state index in [1.54, 1.807) is 12.1 Å². The molecule has 0 aromatic heterocycles. The molecule has 1 fully saturated rings. The van der Waals surface area contributed by atoms with Crippen LogP contribution >= 0.6 is 0 Å². The second-order valence-electron chi connectivity index (χ2n) is 8.96. The molecule has 2 aromatic rings. The number of ether oxygens (including phenoxy) is 3. The van der Waals surface area contributed by atoms with Gasteiger partial charge < -0.3 is 25.7 Å². The number of anilines is 2. The molecule has 0 radical (unpaired) electrons. The molecule has 204 valence electrons. The lowest BCUT2D eigenvalue weighted by atomic mass is 9.82. The molecule has 0 spiro atoms. The third-order valence-electron chi connectivity index (χ3n) is 6.01. The standard InChI is InChI=1S/C27H29F3N2O6/c28-27(29,30)20-7-5-18(6-8-20)26(35)38-23-9-2-17(3-10-23)4-11-24(33)36-12-1-13-37-25(34)19-14-21(31)16-22(32)15-19/h2-4,9-11,14-16,18,20H,1,5-8,12-13,31-32H2. The molecule has 11 heteroatoms. The van der Waals surface area contributed by atoms with Crippen LogP contribution in [0.1, 0.15) is 48.0 Å². The number of rotatable bonds is 9. The minimum Gasteiger partial charge on any atom is -0.462 e. The first-order valence-corrected chi connectivity index (χ1v) is 12.1. The molecule has 0 aliphatic heterocycles. The monoisotopic (exact) mass is 534 g/mol. The molecular weight excluding hydrogens is 505 g/mol. The average molecular weight is 535 g/mol. The molecule has 0 saturated heterocycles. The highest BCUT2D eigenvalue weighted by Gasteiger charge is 2.42. The van der Waals surface area contributed by atoms with Gasteiger partial charge >= 0.3 is 24.1 Å². The number of benzene rings is 2. The highest BCUT2D eigenvalue weighted by atomic mass is 19.4. The summed E-state index contributed by atoms with van der Waals surface area (Å²) in [6.07, 6.45) is -1.07. The molecule has 0 amide bonds. The van der Waals surface area contributed by atoms with Crippen molar-refractivity contribution in [1.82, 2.24) is 0 Å². The first kappa shape index (κ1) is 28.5. The lowest BCUT2D eigenvalue weighted by molar-refractivity contribution is -0.185. The number of hydrogen-bond donors (Lipinski definition) is 2. The van der Waals surface area contributed by atoms with E-state index in [9.17, 15) is 27.6 Å². The van der Waals surface area contributed by atoms with Crippen molar-refractivity contribution in [2.75, 3.05) is 24.7 Å². The van der Waals surface area contributed by atoms with Crippen molar-refractivity contribution in [2.45, 2.75) is 38.3 Å². The number of hydrogen-bond acceptors (Lipinski definition) is 8. The summed E-state index contributed by atoms with van der Waals surface area (Å²) in [4.78, 5) is 36.2. The van der Waals surface area contributed by atoms with Crippen LogP contribution in [-0.4, -0.2) is 37.3 Å². The minimum atomic E-state index is -4.23. The van der Waals surface area contributed by atoms with Crippen LogP contribution in [0.3, 0.4) is 0 Å². The number of carbonyl (C=O) groups is 3. The predicted molar refractivity (Wildman–Crippen MR) is 134 cm³/mol. The van der Waals surface area contributed by atoms with E-state index in [0.29, 0.717) is 23.4 Å². The van der Waals surface area contributed by atoms with Gasteiger partial charge in [-0.3, -0.25) is 4.79 Å². The molecule has 0 bridgehead atoms. The van der Waals surface area contributed by atoms with E-state index in [1.165, 1.54) is 42.5 Å². The molecule has 1 saturated carbocycles. The van der Waals surface area contributed by atoms with E-state index in [1.807, 2.05) is 0 Å². The molecule has 4 N–H and O–H groups in total. The fourth-order valence-electron chi connectivity index (χ4n) is 3.99. The normalized spacial score (nSPS) is 17.7. The number of nitrogen functional groups attached to an aromatic ring is 2. The summed E-state index contributed by atoms with van der Waals surface area (Å²) >= 11 is 0. The lowest BCUT2D eigenvalue weighted by Crippen LogP contribution is -2.31. The first-order valence-electron chi connectivity index (χ1n) is 12.1. The smallest absolute Gasteiger partial charge is 0.391 e. The van der Waals surface area contributed by atoms with Crippen molar-refractivity contribution >= 4 is 35.4 Å². The highest BCUT2D eigenvalue weighted by molar-refractivity contribution is 5.91. The van der Waals surface area contributed by atoms with Crippen molar-refractivity contribution in [2.24, 2.45) is 11.8 Å². The zero-order valence-electron chi connectivity index (χ0n) is 20.5. The zero-order valence-corrected chi connectivity index (χ0v) is 20.5. The van der Waals surface area contributed by atoms with Gasteiger partial charge in [-0.15, -0.1) is 0 Å². The molecule has 8 nitrogen and oxygen atoms in total. The van der Waals surface area contributed by atoms with Gasteiger partial charge in [0.25, 0.3) is 0 Å². The van der Waals surface area contributed by atoms with Crippen molar-refractivity contribution in [1.29, 1.82) is 0 Å². The van der Waals surface area contributed by atoms with Gasteiger partial charge in [-0.25, -0.2) is 9.59 Å². The van der Waals surface area contributed by atoms with Crippen molar-refractivity contribution in [3.05, 3.63) is 59.7 Å². The van der Waals surface area contributed by atoms with Gasteiger partial charge in [0.05, 0.1) is 30.6 Å². The Kier molecular flexibility index (Phi) is 9.75. The predicted octanol–water partition coefficient (Wildman–Crippen LogP) is 4.93. The average Bonchev–Trinajstić information content (AvgIpc) is 2.87. The van der Waals surface area contributed by atoms with Gasteiger partial charge in [-0.2, -0.15) is 13.2 Å². The summed E-state index contributed by atoms with van der Waals surface area (Å²) in [6, 6.07) is 10.7. The lowest BCUT2D eigenvalue weighted by Gasteiger charge is -2.28. The van der Waals surface area contributed by atoms with Gasteiger partial charge in [-0.05, 0) is 67.7 Å². The van der Waals surface area contributed by atoms with E-state index in [2.05, 4.69) is 0 Å². The van der Waals surface area contributed by atoms with Gasteiger partial charge in [0.15, 0.2) is 0 Å². The van der Waals surface area contributed by atoms with Crippen molar-refractivity contribution in [3.8, 4) is 5.75 Å². The van der Waals surface area contributed by atoms with Crippen LogP contribution in [0.15, 0.2) is 48.5 Å². The van der Waals surface area contributed by atoms with Gasteiger partial charge in [0.2, 0.25) is 0 Å². The largest absolute Gasteiger partial charge is 0.462 e. The van der Waals surface area contributed by atoms with Crippen LogP contribution in [0.4, 0.5) is 24.5 Å². The fourth-order valence-corrected chi connectivity index (χ4v) is 3.99. The highest BCUT2D eigenvalue weighted by Crippen LogP contribution is 2.39. The van der Waals surface area contributed by atoms with Gasteiger partial charge in [0.1, 0.15) is 5.75 Å². The van der Waals surface area contributed by atoms with Gasteiger partial charge in [-0.1, -0.05) is 12.1 Å². The molecule has 2 aromatic carbocycles. The van der Waals surface area contributed by atoms with E-state index in [0.717, 1.165) is 0 Å². The Balaban J connectivity index is 1.34. The summed E-state index contributed by atoms with van der Waals surface area (Å²) in [5, 5.41) is 0. The van der Waals surface area contributed by atoms with E-state index >= 15 is 0 Å². The molecule has 38 heavy (non-hydrogen) atoms. The topological polar surface area (TPSA) is 131 Å². The third-order valence-corrected chi connectivity index (χ3v) is 6.01. The summed E-state index contributed by atoms with van der Waals surface area (Å²) in [6.45, 7) is 0.0732. The second-order valence-corrected chi connectivity index (χ2v) is 8.96. The van der Waals surface area contributed by atoms with Crippen LogP contribution in [0.2, 0.25) is 0 Å². The quantitative estimate of drug-likeness (QED) is 0.152. The Morgan fingerprint density at radius 1 is 0.895 bits per heavy atom. The second kappa shape index (κ2) is 13.0. The Hall–Kier alpha value is -4.02. The Labute approximate surface area is 217 Å². The summed E-state index contributed by atoms with van der Waals surface area (Å²) in [7, 11) is 0. The van der Waals surface area contributed by atoms with Crippen LogP contribution < -0.4 is 16.2 Å². The molecule has 1 aliphatic rings. The van der Waals surface area contributed by atoms with Crippen LogP contribution in [0.25, 0.3) is 6.08 Å². The minimum absolute atomic E-state index is 0.0362. The maximum atomic E-state index is 12.8. The summed E-state index contributed by atoms with van der Waals surface area (Å²) < 4.78 is 53.8. The molecule has 0 unspecified atom stereocenters. The molecule has 1 aliphatic carbocycles. The van der Waals surface area contributed by atoms with E-state index in [4.69, 9.17) is 25.7 Å². The Bertz CT molecular complexity index is 1140. The summed E-state index contributed by atoms with van der Waals surface area (Å²) in [5.41, 5.74) is 12.9. The Morgan fingerprint density at radius 2 is 1.50 bits per heavy atom. The van der Waals surface area contributed by atoms with Crippen molar-refractivity contribution in [3.63, 3.8) is 0 Å². The zero-order chi connectivity index (χ0) is 27.7. The van der Waals surface area contributed by atoms with Crippen molar-refractivity contribution < 1.29 is 41.8 Å².